The van der Waals surface area contributed by atoms with Crippen LogP contribution in [0.15, 0.2) is 72.8 Å². The number of hydrogen-bond donors (Lipinski definition) is 2. The molecule has 0 spiro atoms. The van der Waals surface area contributed by atoms with Gasteiger partial charge in [0.1, 0.15) is 11.6 Å². The van der Waals surface area contributed by atoms with Gasteiger partial charge in [0, 0.05) is 30.9 Å². The van der Waals surface area contributed by atoms with E-state index < -0.39 is 5.97 Å². The van der Waals surface area contributed by atoms with E-state index in [0.717, 1.165) is 5.69 Å². The third-order valence-electron chi connectivity index (χ3n) is 4.39. The summed E-state index contributed by atoms with van der Waals surface area (Å²) in [7, 11) is 3.82. The molecule has 0 bridgehead atoms. The molecule has 0 aliphatic carbocycles. The van der Waals surface area contributed by atoms with Crippen molar-refractivity contribution < 1.29 is 14.3 Å². The smallest absolute Gasteiger partial charge is 0.343 e. The molecule has 0 aromatic heterocycles. The molecule has 29 heavy (non-hydrogen) atoms. The summed E-state index contributed by atoms with van der Waals surface area (Å²) < 4.78 is 5.52. The molecular weight excluding hydrogens is 366 g/mol. The number of nitrogens with zero attached hydrogens (tertiary/aromatic N) is 1. The number of esters is 1. The van der Waals surface area contributed by atoms with Gasteiger partial charge in [0.05, 0.1) is 11.1 Å². The number of amidine groups is 1. The topological polar surface area (TPSA) is 96.5 Å². The molecule has 3 aromatic carbocycles. The number of ether oxygens (including phenoxy) is 1. The molecule has 0 amide bonds. The molecule has 0 heterocycles. The second-order valence-electron chi connectivity index (χ2n) is 6.65. The first-order valence-corrected chi connectivity index (χ1v) is 8.94. The fourth-order valence-corrected chi connectivity index (χ4v) is 2.76. The van der Waals surface area contributed by atoms with Gasteiger partial charge >= 0.3 is 5.97 Å². The lowest BCUT2D eigenvalue weighted by Gasteiger charge is -2.13. The van der Waals surface area contributed by atoms with Crippen molar-refractivity contribution >= 4 is 23.3 Å². The summed E-state index contributed by atoms with van der Waals surface area (Å²) in [5.41, 5.74) is 7.87. The van der Waals surface area contributed by atoms with E-state index >= 15 is 0 Å². The van der Waals surface area contributed by atoms with E-state index in [1.54, 1.807) is 48.5 Å². The molecule has 0 atom stereocenters. The van der Waals surface area contributed by atoms with E-state index in [1.165, 1.54) is 12.1 Å². The summed E-state index contributed by atoms with van der Waals surface area (Å²) in [6.07, 6.45) is 0. The molecule has 0 aliphatic heterocycles. The maximum Gasteiger partial charge on any atom is 0.343 e. The molecule has 0 aliphatic rings. The number of carbonyl (C=O) groups excluding carboxylic acids is 2. The Morgan fingerprint density at radius 1 is 0.862 bits per heavy atom. The number of benzene rings is 3. The first-order chi connectivity index (χ1) is 13.9. The standard InChI is InChI=1S/C23H21N3O3/c1-26(2)18-11-8-16(9-12-18)23(28)29-20-13-10-17(22(24)25)14-19(20)21(27)15-6-4-3-5-7-15/h3-14H,1-2H3,(H3,24,25). The van der Waals surface area contributed by atoms with Crippen molar-refractivity contribution in [2.45, 2.75) is 0 Å². The van der Waals surface area contributed by atoms with Gasteiger partial charge in [-0.1, -0.05) is 30.3 Å². The van der Waals surface area contributed by atoms with Crippen LogP contribution in [0.4, 0.5) is 5.69 Å². The van der Waals surface area contributed by atoms with Crippen molar-refractivity contribution in [1.82, 2.24) is 0 Å². The van der Waals surface area contributed by atoms with Crippen LogP contribution in [0.3, 0.4) is 0 Å². The number of nitrogens with two attached hydrogens (primary N) is 1. The minimum Gasteiger partial charge on any atom is -0.422 e. The first kappa shape index (κ1) is 19.8. The number of rotatable bonds is 6. The van der Waals surface area contributed by atoms with E-state index in [-0.39, 0.29) is 22.9 Å². The molecule has 6 heteroatoms. The lowest BCUT2D eigenvalue weighted by Crippen LogP contribution is -2.16. The SMILES string of the molecule is CN(C)c1ccc(C(=O)Oc2ccc(C(=N)N)cc2C(=O)c2ccccc2)cc1. The highest BCUT2D eigenvalue weighted by Gasteiger charge is 2.19. The summed E-state index contributed by atoms with van der Waals surface area (Å²) in [5.74, 6) is -0.956. The van der Waals surface area contributed by atoms with Gasteiger partial charge in [-0.15, -0.1) is 0 Å². The van der Waals surface area contributed by atoms with Crippen molar-refractivity contribution in [2.75, 3.05) is 19.0 Å². The Balaban J connectivity index is 1.94. The van der Waals surface area contributed by atoms with Crippen molar-refractivity contribution in [2.24, 2.45) is 5.73 Å². The molecular formula is C23H21N3O3. The molecule has 0 saturated heterocycles. The first-order valence-electron chi connectivity index (χ1n) is 8.94. The lowest BCUT2D eigenvalue weighted by atomic mass is 10.00. The Morgan fingerprint density at radius 2 is 1.48 bits per heavy atom. The van der Waals surface area contributed by atoms with E-state index in [4.69, 9.17) is 15.9 Å². The zero-order valence-corrected chi connectivity index (χ0v) is 16.2. The molecule has 3 aromatic rings. The van der Waals surface area contributed by atoms with E-state index in [0.29, 0.717) is 16.7 Å². The van der Waals surface area contributed by atoms with Crippen molar-refractivity contribution in [3.8, 4) is 5.75 Å². The molecule has 3 rings (SSSR count). The second-order valence-corrected chi connectivity index (χ2v) is 6.65. The van der Waals surface area contributed by atoms with Crippen molar-refractivity contribution in [1.29, 1.82) is 5.41 Å². The summed E-state index contributed by atoms with van der Waals surface area (Å²) >= 11 is 0. The van der Waals surface area contributed by atoms with Gasteiger partial charge in [-0.05, 0) is 42.5 Å². The van der Waals surface area contributed by atoms with Crippen LogP contribution < -0.4 is 15.4 Å². The molecule has 6 nitrogen and oxygen atoms in total. The Hall–Kier alpha value is -3.93. The Labute approximate surface area is 169 Å². The molecule has 0 radical (unpaired) electrons. The van der Waals surface area contributed by atoms with Crippen LogP contribution in [0, 0.1) is 5.41 Å². The third kappa shape index (κ3) is 4.50. The average molecular weight is 387 g/mol. The molecule has 3 N–H and O–H groups in total. The highest BCUT2D eigenvalue weighted by Crippen LogP contribution is 2.25. The Morgan fingerprint density at radius 3 is 2.07 bits per heavy atom. The van der Waals surface area contributed by atoms with Gasteiger partial charge in [0.2, 0.25) is 0 Å². The lowest BCUT2D eigenvalue weighted by molar-refractivity contribution is 0.0733. The second kappa shape index (κ2) is 8.39. The number of hydrogen-bond acceptors (Lipinski definition) is 5. The normalized spacial score (nSPS) is 10.3. The fourth-order valence-electron chi connectivity index (χ4n) is 2.76. The largest absolute Gasteiger partial charge is 0.422 e. The van der Waals surface area contributed by atoms with Crippen LogP contribution in [0.2, 0.25) is 0 Å². The fraction of sp³-hybridized carbons (Fsp3) is 0.0870. The summed E-state index contributed by atoms with van der Waals surface area (Å²) in [6, 6.07) is 20.1. The number of nitrogens with one attached hydrogen (secondary N) is 1. The van der Waals surface area contributed by atoms with E-state index in [2.05, 4.69) is 0 Å². The van der Waals surface area contributed by atoms with Gasteiger partial charge in [-0.3, -0.25) is 10.2 Å². The van der Waals surface area contributed by atoms with Crippen LogP contribution in [-0.2, 0) is 0 Å². The third-order valence-corrected chi connectivity index (χ3v) is 4.39. The predicted octanol–water partition coefficient (Wildman–Crippen LogP) is 3.49. The maximum atomic E-state index is 13.0. The monoisotopic (exact) mass is 387 g/mol. The van der Waals surface area contributed by atoms with Gasteiger partial charge in [0.25, 0.3) is 0 Å². The highest BCUT2D eigenvalue weighted by molar-refractivity contribution is 6.12. The van der Waals surface area contributed by atoms with Gasteiger partial charge in [-0.25, -0.2) is 4.79 Å². The molecule has 0 saturated carbocycles. The quantitative estimate of drug-likeness (QED) is 0.222. The Bertz CT molecular complexity index is 1060. The van der Waals surface area contributed by atoms with Crippen LogP contribution in [-0.4, -0.2) is 31.7 Å². The van der Waals surface area contributed by atoms with E-state index in [1.807, 2.05) is 31.1 Å². The maximum absolute atomic E-state index is 13.0. The van der Waals surface area contributed by atoms with Crippen LogP contribution >= 0.6 is 0 Å². The minimum absolute atomic E-state index is 0.116. The summed E-state index contributed by atoms with van der Waals surface area (Å²) in [4.78, 5) is 27.5. The van der Waals surface area contributed by atoms with Crippen LogP contribution in [0.5, 0.6) is 5.75 Å². The number of ketones is 1. The van der Waals surface area contributed by atoms with Gasteiger partial charge in [-0.2, -0.15) is 0 Å². The minimum atomic E-state index is -0.576. The van der Waals surface area contributed by atoms with Crippen molar-refractivity contribution in [3.05, 3.63) is 95.1 Å². The average Bonchev–Trinajstić information content (AvgIpc) is 2.74. The van der Waals surface area contributed by atoms with Gasteiger partial charge < -0.3 is 15.4 Å². The van der Waals surface area contributed by atoms with Gasteiger partial charge in [0.15, 0.2) is 5.78 Å². The molecule has 0 unspecified atom stereocenters. The zero-order chi connectivity index (χ0) is 21.0. The summed E-state index contributed by atoms with van der Waals surface area (Å²) in [6.45, 7) is 0. The predicted molar refractivity (Wildman–Crippen MR) is 113 cm³/mol. The van der Waals surface area contributed by atoms with Crippen molar-refractivity contribution in [3.63, 3.8) is 0 Å². The van der Waals surface area contributed by atoms with E-state index in [9.17, 15) is 9.59 Å². The van der Waals surface area contributed by atoms with Crippen LogP contribution in [0.25, 0.3) is 0 Å². The van der Waals surface area contributed by atoms with Crippen LogP contribution in [0.1, 0.15) is 31.8 Å². The number of nitrogen functional groups attached to an aromatic ring is 1. The number of anilines is 1. The number of carbonyl (C=O) groups is 2. The highest BCUT2D eigenvalue weighted by atomic mass is 16.5. The summed E-state index contributed by atoms with van der Waals surface area (Å²) in [5, 5.41) is 7.63. The Kier molecular flexibility index (Phi) is 5.74. The molecule has 146 valence electrons. The zero-order valence-electron chi connectivity index (χ0n) is 16.2. The molecule has 0 fully saturated rings.